The monoisotopic (exact) mass is 369 g/mol. The number of hydrogen-bond acceptors (Lipinski definition) is 5. The number of rotatable bonds is 6. The van der Waals surface area contributed by atoms with Crippen molar-refractivity contribution in [2.24, 2.45) is 0 Å². The molecule has 2 aromatic heterocycles. The Kier molecular flexibility index (Phi) is 5.32. The molecule has 26 heavy (non-hydrogen) atoms. The van der Waals surface area contributed by atoms with Crippen LogP contribution in [0.4, 0.5) is 0 Å². The summed E-state index contributed by atoms with van der Waals surface area (Å²) in [5, 5.41) is 10.2. The van der Waals surface area contributed by atoms with Gasteiger partial charge >= 0.3 is 5.63 Å². The predicted molar refractivity (Wildman–Crippen MR) is 106 cm³/mol. The molecule has 0 radical (unpaired) electrons. The van der Waals surface area contributed by atoms with E-state index in [4.69, 9.17) is 4.42 Å². The molecule has 3 rings (SSSR count). The van der Waals surface area contributed by atoms with Gasteiger partial charge in [-0.2, -0.15) is 0 Å². The second-order valence-corrected chi connectivity index (χ2v) is 7.61. The Balaban J connectivity index is 2.01. The van der Waals surface area contributed by atoms with Crippen LogP contribution in [-0.2, 0) is 12.3 Å². The van der Waals surface area contributed by atoms with Gasteiger partial charge in [-0.1, -0.05) is 31.7 Å². The minimum Gasteiger partial charge on any atom is -0.423 e. The number of aromatic nitrogens is 3. The van der Waals surface area contributed by atoms with Crippen LogP contribution in [0, 0.1) is 13.8 Å². The first-order valence-electron chi connectivity index (χ1n) is 8.61. The minimum atomic E-state index is -0.325. The lowest BCUT2D eigenvalue weighted by Crippen LogP contribution is -2.03. The fraction of sp³-hybridized carbons (Fsp3) is 0.350. The number of hydrogen-bond donors (Lipinski definition) is 0. The van der Waals surface area contributed by atoms with Gasteiger partial charge in [-0.05, 0) is 48.6 Å². The molecule has 0 amide bonds. The quantitative estimate of drug-likeness (QED) is 0.361. The molecule has 0 aliphatic rings. The second kappa shape index (κ2) is 7.50. The zero-order valence-electron chi connectivity index (χ0n) is 15.6. The molecule has 2 heterocycles. The van der Waals surface area contributed by atoms with Crippen LogP contribution in [0.15, 0.2) is 45.2 Å². The maximum absolute atomic E-state index is 12.0. The maximum Gasteiger partial charge on any atom is 0.336 e. The van der Waals surface area contributed by atoms with Gasteiger partial charge in [0.25, 0.3) is 0 Å². The van der Waals surface area contributed by atoms with Crippen LogP contribution in [0.5, 0.6) is 0 Å². The van der Waals surface area contributed by atoms with Crippen LogP contribution in [0.2, 0.25) is 0 Å². The van der Waals surface area contributed by atoms with E-state index < -0.39 is 0 Å². The lowest BCUT2D eigenvalue weighted by Gasteiger charge is -2.13. The Morgan fingerprint density at radius 1 is 1.27 bits per heavy atom. The standard InChI is InChI=1S/C20H23N3O2S/c1-6-7-23-14(5)21-22-20(23)26-11-15-9-19(24)25-18-8-13(4)16(12(2)3)10-17(15)18/h6,8-10,12H,1,7,11H2,2-5H3. The van der Waals surface area contributed by atoms with Gasteiger partial charge in [-0.25, -0.2) is 4.79 Å². The highest BCUT2D eigenvalue weighted by molar-refractivity contribution is 7.98. The summed E-state index contributed by atoms with van der Waals surface area (Å²) < 4.78 is 7.43. The average Bonchev–Trinajstić information content (AvgIpc) is 2.92. The molecular weight excluding hydrogens is 346 g/mol. The van der Waals surface area contributed by atoms with Crippen LogP contribution < -0.4 is 5.63 Å². The van der Waals surface area contributed by atoms with Gasteiger partial charge in [0.1, 0.15) is 11.4 Å². The molecule has 0 saturated carbocycles. The van der Waals surface area contributed by atoms with Crippen LogP contribution >= 0.6 is 11.8 Å². The van der Waals surface area contributed by atoms with Crippen molar-refractivity contribution in [3.8, 4) is 0 Å². The zero-order valence-corrected chi connectivity index (χ0v) is 16.4. The van der Waals surface area contributed by atoms with Crippen molar-refractivity contribution in [1.29, 1.82) is 0 Å². The fourth-order valence-corrected chi connectivity index (χ4v) is 4.07. The smallest absolute Gasteiger partial charge is 0.336 e. The van der Waals surface area contributed by atoms with Gasteiger partial charge in [0.2, 0.25) is 0 Å². The molecule has 0 saturated heterocycles. The Bertz CT molecular complexity index is 1020. The lowest BCUT2D eigenvalue weighted by atomic mass is 9.95. The maximum atomic E-state index is 12.0. The highest BCUT2D eigenvalue weighted by Crippen LogP contribution is 2.30. The van der Waals surface area contributed by atoms with Crippen molar-refractivity contribution in [3.63, 3.8) is 0 Å². The van der Waals surface area contributed by atoms with E-state index >= 15 is 0 Å². The molecule has 136 valence electrons. The molecule has 0 unspecified atom stereocenters. The lowest BCUT2D eigenvalue weighted by molar-refractivity contribution is 0.559. The van der Waals surface area contributed by atoms with E-state index in [-0.39, 0.29) is 5.63 Å². The normalized spacial score (nSPS) is 11.4. The second-order valence-electron chi connectivity index (χ2n) is 6.67. The van der Waals surface area contributed by atoms with E-state index in [1.54, 1.807) is 17.8 Å². The van der Waals surface area contributed by atoms with Crippen LogP contribution in [0.1, 0.15) is 42.3 Å². The van der Waals surface area contributed by atoms with Crippen LogP contribution in [-0.4, -0.2) is 14.8 Å². The molecule has 0 aliphatic carbocycles. The Morgan fingerprint density at radius 3 is 2.73 bits per heavy atom. The molecule has 0 N–H and O–H groups in total. The summed E-state index contributed by atoms with van der Waals surface area (Å²) in [6.07, 6.45) is 1.82. The minimum absolute atomic E-state index is 0.325. The van der Waals surface area contributed by atoms with E-state index in [0.717, 1.165) is 27.5 Å². The van der Waals surface area contributed by atoms with Gasteiger partial charge < -0.3 is 8.98 Å². The summed E-state index contributed by atoms with van der Waals surface area (Å²) in [7, 11) is 0. The molecule has 3 aromatic rings. The summed E-state index contributed by atoms with van der Waals surface area (Å²) in [6, 6.07) is 5.69. The first kappa shape index (κ1) is 18.5. The molecule has 0 atom stereocenters. The highest BCUT2D eigenvalue weighted by Gasteiger charge is 2.14. The first-order valence-corrected chi connectivity index (χ1v) is 9.60. The summed E-state index contributed by atoms with van der Waals surface area (Å²) in [4.78, 5) is 12.0. The molecule has 5 nitrogen and oxygen atoms in total. The van der Waals surface area contributed by atoms with E-state index in [0.29, 0.717) is 23.8 Å². The molecule has 1 aromatic carbocycles. The van der Waals surface area contributed by atoms with E-state index in [9.17, 15) is 4.79 Å². The van der Waals surface area contributed by atoms with Crippen molar-refractivity contribution in [2.75, 3.05) is 0 Å². The number of thioether (sulfide) groups is 1. The Hall–Kier alpha value is -2.34. The van der Waals surface area contributed by atoms with E-state index in [2.05, 4.69) is 43.6 Å². The van der Waals surface area contributed by atoms with Crippen molar-refractivity contribution in [1.82, 2.24) is 14.8 Å². The molecule has 0 fully saturated rings. The molecule has 6 heteroatoms. The van der Waals surface area contributed by atoms with Crippen molar-refractivity contribution in [2.45, 2.75) is 51.1 Å². The zero-order chi connectivity index (χ0) is 18.8. The third-order valence-corrected chi connectivity index (χ3v) is 5.42. The van der Waals surface area contributed by atoms with Crippen molar-refractivity contribution >= 4 is 22.7 Å². The number of benzene rings is 1. The number of fused-ring (bicyclic) bond motifs is 1. The van der Waals surface area contributed by atoms with Gasteiger partial charge in [-0.3, -0.25) is 0 Å². The largest absolute Gasteiger partial charge is 0.423 e. The summed E-state index contributed by atoms with van der Waals surface area (Å²) in [6.45, 7) is 12.8. The summed E-state index contributed by atoms with van der Waals surface area (Å²) in [5.74, 6) is 1.88. The van der Waals surface area contributed by atoms with Gasteiger partial charge in [-0.15, -0.1) is 16.8 Å². The molecule has 0 aliphatic heterocycles. The van der Waals surface area contributed by atoms with E-state index in [1.807, 2.05) is 23.6 Å². The van der Waals surface area contributed by atoms with Crippen LogP contribution in [0.3, 0.4) is 0 Å². The predicted octanol–water partition coefficient (Wildman–Crippen LogP) is 4.60. The summed E-state index contributed by atoms with van der Waals surface area (Å²) in [5.41, 5.74) is 3.67. The van der Waals surface area contributed by atoms with Crippen LogP contribution in [0.25, 0.3) is 11.0 Å². The number of allylic oxidation sites excluding steroid dienone is 1. The number of aryl methyl sites for hydroxylation is 2. The topological polar surface area (TPSA) is 60.9 Å². The third-order valence-electron chi connectivity index (χ3n) is 4.41. The Labute approximate surface area is 157 Å². The average molecular weight is 369 g/mol. The van der Waals surface area contributed by atoms with Crippen molar-refractivity contribution < 1.29 is 4.42 Å². The third kappa shape index (κ3) is 3.60. The van der Waals surface area contributed by atoms with Gasteiger partial charge in [0, 0.05) is 23.8 Å². The van der Waals surface area contributed by atoms with Gasteiger partial charge in [0.05, 0.1) is 0 Å². The number of nitrogens with zero attached hydrogens (tertiary/aromatic N) is 3. The Morgan fingerprint density at radius 2 is 2.04 bits per heavy atom. The SMILES string of the molecule is C=CCn1c(C)nnc1SCc1cc(=O)oc2cc(C)c(C(C)C)cc12. The van der Waals surface area contributed by atoms with Gasteiger partial charge in [0.15, 0.2) is 5.16 Å². The first-order chi connectivity index (χ1) is 12.4. The highest BCUT2D eigenvalue weighted by atomic mass is 32.2. The summed E-state index contributed by atoms with van der Waals surface area (Å²) >= 11 is 1.56. The van der Waals surface area contributed by atoms with Crippen molar-refractivity contribution in [3.05, 3.63) is 63.8 Å². The fourth-order valence-electron chi connectivity index (χ4n) is 3.08. The molecular formula is C20H23N3O2S. The molecule has 0 spiro atoms. The molecule has 0 bridgehead atoms. The van der Waals surface area contributed by atoms with E-state index in [1.165, 1.54) is 5.56 Å².